The van der Waals surface area contributed by atoms with Gasteiger partial charge in [-0.05, 0) is 24.1 Å². The molecule has 0 amide bonds. The van der Waals surface area contributed by atoms with Gasteiger partial charge in [-0.25, -0.2) is 9.48 Å². The van der Waals surface area contributed by atoms with Crippen LogP contribution in [0.15, 0.2) is 59.5 Å². The van der Waals surface area contributed by atoms with Gasteiger partial charge in [0.05, 0.1) is 6.54 Å². The summed E-state index contributed by atoms with van der Waals surface area (Å²) in [5.41, 5.74) is 1.64. The predicted molar refractivity (Wildman–Crippen MR) is 88.3 cm³/mol. The first-order valence-corrected chi connectivity index (χ1v) is 7.73. The lowest BCUT2D eigenvalue weighted by Crippen LogP contribution is -2.30. The summed E-state index contributed by atoms with van der Waals surface area (Å²) in [6, 6.07) is 15.5. The first-order valence-electron chi connectivity index (χ1n) is 7.73. The minimum absolute atomic E-state index is 0.0638. The number of benzene rings is 1. The van der Waals surface area contributed by atoms with E-state index in [0.717, 1.165) is 5.56 Å². The predicted octanol–water partition coefficient (Wildman–Crippen LogP) is 1.21. The van der Waals surface area contributed by atoms with Crippen LogP contribution < -0.4 is 11.0 Å². The van der Waals surface area contributed by atoms with E-state index >= 15 is 0 Å². The Bertz CT molecular complexity index is 810. The number of rotatable bonds is 7. The van der Waals surface area contributed by atoms with Gasteiger partial charge in [-0.1, -0.05) is 36.4 Å². The van der Waals surface area contributed by atoms with Gasteiger partial charge in [0.2, 0.25) is 0 Å². The molecule has 0 fully saturated rings. The summed E-state index contributed by atoms with van der Waals surface area (Å²) in [4.78, 5) is 12.2. The average molecular weight is 312 g/mol. The maximum atomic E-state index is 12.2. The molecule has 1 atom stereocenters. The molecule has 2 N–H and O–H groups in total. The fourth-order valence-electron chi connectivity index (χ4n) is 2.66. The minimum Gasteiger partial charge on any atom is -0.396 e. The monoisotopic (exact) mass is 312 g/mol. The van der Waals surface area contributed by atoms with E-state index < -0.39 is 0 Å². The molecule has 3 aromatic rings. The van der Waals surface area contributed by atoms with E-state index in [9.17, 15) is 9.90 Å². The van der Waals surface area contributed by atoms with Gasteiger partial charge < -0.3 is 10.4 Å². The molecule has 3 rings (SSSR count). The van der Waals surface area contributed by atoms with Crippen molar-refractivity contribution in [2.75, 3.05) is 13.2 Å². The summed E-state index contributed by atoms with van der Waals surface area (Å²) >= 11 is 0. The SMILES string of the molecule is O=c1n(CCNC(CCO)c2ccccc2)nc2ccccn12. The van der Waals surface area contributed by atoms with E-state index in [1.807, 2.05) is 48.5 Å². The van der Waals surface area contributed by atoms with E-state index in [2.05, 4.69) is 10.4 Å². The number of hydrogen-bond acceptors (Lipinski definition) is 4. The normalized spacial score (nSPS) is 12.6. The molecule has 2 aromatic heterocycles. The molecule has 0 aliphatic heterocycles. The topological polar surface area (TPSA) is 71.6 Å². The Kier molecular flexibility index (Phi) is 4.85. The molecule has 120 valence electrons. The zero-order valence-corrected chi connectivity index (χ0v) is 12.8. The number of aliphatic hydroxyl groups excluding tert-OH is 1. The molecule has 1 aromatic carbocycles. The van der Waals surface area contributed by atoms with Crippen LogP contribution in [0.4, 0.5) is 0 Å². The maximum Gasteiger partial charge on any atom is 0.350 e. The van der Waals surface area contributed by atoms with E-state index in [1.165, 1.54) is 9.08 Å². The molecule has 0 aliphatic carbocycles. The summed E-state index contributed by atoms with van der Waals surface area (Å²) in [6.45, 7) is 1.19. The van der Waals surface area contributed by atoms with Crippen molar-refractivity contribution in [3.63, 3.8) is 0 Å². The molecule has 0 saturated carbocycles. The molecular weight excluding hydrogens is 292 g/mol. The fourth-order valence-corrected chi connectivity index (χ4v) is 2.66. The van der Waals surface area contributed by atoms with Crippen LogP contribution in [0.2, 0.25) is 0 Å². The first-order chi connectivity index (χ1) is 11.3. The molecule has 2 heterocycles. The molecule has 1 unspecified atom stereocenters. The average Bonchev–Trinajstić information content (AvgIpc) is 2.91. The Hall–Kier alpha value is -2.44. The zero-order valence-electron chi connectivity index (χ0n) is 12.8. The van der Waals surface area contributed by atoms with Crippen LogP contribution in [0.1, 0.15) is 18.0 Å². The van der Waals surface area contributed by atoms with Crippen molar-refractivity contribution in [2.24, 2.45) is 0 Å². The largest absolute Gasteiger partial charge is 0.396 e. The Morgan fingerprint density at radius 3 is 2.65 bits per heavy atom. The zero-order chi connectivity index (χ0) is 16.1. The van der Waals surface area contributed by atoms with Gasteiger partial charge in [-0.15, -0.1) is 5.10 Å². The van der Waals surface area contributed by atoms with Crippen LogP contribution in [0, 0.1) is 0 Å². The summed E-state index contributed by atoms with van der Waals surface area (Å²) in [5, 5.41) is 16.9. The maximum absolute atomic E-state index is 12.2. The quantitative estimate of drug-likeness (QED) is 0.688. The van der Waals surface area contributed by atoms with Crippen molar-refractivity contribution in [2.45, 2.75) is 19.0 Å². The van der Waals surface area contributed by atoms with Gasteiger partial charge in [0.25, 0.3) is 0 Å². The van der Waals surface area contributed by atoms with Crippen molar-refractivity contribution in [3.8, 4) is 0 Å². The first kappa shape index (κ1) is 15.5. The highest BCUT2D eigenvalue weighted by atomic mass is 16.3. The third-order valence-corrected chi connectivity index (χ3v) is 3.82. The molecule has 0 spiro atoms. The van der Waals surface area contributed by atoms with Crippen molar-refractivity contribution in [1.29, 1.82) is 0 Å². The molecule has 6 heteroatoms. The van der Waals surface area contributed by atoms with Gasteiger partial charge in [-0.3, -0.25) is 4.40 Å². The number of nitrogens with one attached hydrogen (secondary N) is 1. The third kappa shape index (κ3) is 3.49. The summed E-state index contributed by atoms with van der Waals surface area (Å²) in [6.07, 6.45) is 2.34. The van der Waals surface area contributed by atoms with Crippen molar-refractivity contribution < 1.29 is 5.11 Å². The van der Waals surface area contributed by atoms with Crippen LogP contribution in [0.3, 0.4) is 0 Å². The highest BCUT2D eigenvalue weighted by Crippen LogP contribution is 2.15. The molecular formula is C17H20N4O2. The molecule has 0 radical (unpaired) electrons. The highest BCUT2D eigenvalue weighted by molar-refractivity contribution is 5.35. The number of aliphatic hydroxyl groups is 1. The van der Waals surface area contributed by atoms with Gasteiger partial charge >= 0.3 is 5.69 Å². The number of aromatic nitrogens is 3. The van der Waals surface area contributed by atoms with Gasteiger partial charge in [-0.2, -0.15) is 0 Å². The van der Waals surface area contributed by atoms with Gasteiger partial charge in [0, 0.05) is 25.4 Å². The van der Waals surface area contributed by atoms with Crippen molar-refractivity contribution in [1.82, 2.24) is 19.5 Å². The Labute approximate surface area is 134 Å². The lowest BCUT2D eigenvalue weighted by atomic mass is 10.0. The standard InChI is InChI=1S/C17H20N4O2/c22-13-9-15(14-6-2-1-3-7-14)18-10-12-21-17(23)20-11-5-4-8-16(20)19-21/h1-8,11,15,18,22H,9-10,12-13H2. The summed E-state index contributed by atoms with van der Waals surface area (Å²) < 4.78 is 2.99. The Balaban J connectivity index is 1.67. The highest BCUT2D eigenvalue weighted by Gasteiger charge is 2.11. The fraction of sp³-hybridized carbons (Fsp3) is 0.294. The van der Waals surface area contributed by atoms with Crippen molar-refractivity contribution >= 4 is 5.65 Å². The number of pyridine rings is 1. The van der Waals surface area contributed by atoms with Gasteiger partial charge in [0.1, 0.15) is 0 Å². The number of hydrogen-bond donors (Lipinski definition) is 2. The van der Waals surface area contributed by atoms with E-state index in [-0.39, 0.29) is 18.3 Å². The Morgan fingerprint density at radius 1 is 1.13 bits per heavy atom. The lowest BCUT2D eigenvalue weighted by molar-refractivity contribution is 0.264. The van der Waals surface area contributed by atoms with Crippen LogP contribution in [-0.2, 0) is 6.54 Å². The van der Waals surface area contributed by atoms with Crippen LogP contribution >= 0.6 is 0 Å². The number of nitrogens with zero attached hydrogens (tertiary/aromatic N) is 3. The minimum atomic E-state index is -0.138. The van der Waals surface area contributed by atoms with E-state index in [0.29, 0.717) is 25.2 Å². The molecule has 0 saturated heterocycles. The van der Waals surface area contributed by atoms with Crippen LogP contribution in [0.5, 0.6) is 0 Å². The lowest BCUT2D eigenvalue weighted by Gasteiger charge is -2.18. The molecule has 23 heavy (non-hydrogen) atoms. The molecule has 6 nitrogen and oxygen atoms in total. The molecule has 0 aliphatic rings. The molecule has 0 bridgehead atoms. The second-order valence-electron chi connectivity index (χ2n) is 5.36. The van der Waals surface area contributed by atoms with Gasteiger partial charge in [0.15, 0.2) is 5.65 Å². The Morgan fingerprint density at radius 2 is 1.91 bits per heavy atom. The number of fused-ring (bicyclic) bond motifs is 1. The summed E-state index contributed by atoms with van der Waals surface area (Å²) in [7, 11) is 0. The summed E-state index contributed by atoms with van der Waals surface area (Å²) in [5.74, 6) is 0. The van der Waals surface area contributed by atoms with E-state index in [1.54, 1.807) is 6.20 Å². The van der Waals surface area contributed by atoms with Crippen molar-refractivity contribution in [3.05, 3.63) is 70.8 Å². The smallest absolute Gasteiger partial charge is 0.350 e. The van der Waals surface area contributed by atoms with Crippen LogP contribution in [0.25, 0.3) is 5.65 Å². The second kappa shape index (κ2) is 7.21. The second-order valence-corrected chi connectivity index (χ2v) is 5.36. The third-order valence-electron chi connectivity index (χ3n) is 3.82. The van der Waals surface area contributed by atoms with E-state index in [4.69, 9.17) is 0 Å². The van der Waals surface area contributed by atoms with Crippen LogP contribution in [-0.4, -0.2) is 32.4 Å².